The predicted octanol–water partition coefficient (Wildman–Crippen LogP) is 3.26. The van der Waals surface area contributed by atoms with Crippen molar-refractivity contribution in [1.82, 2.24) is 29.4 Å². The molecule has 0 bridgehead atoms. The molecule has 3 aromatic heterocycles. The van der Waals surface area contributed by atoms with Crippen molar-refractivity contribution in [3.63, 3.8) is 0 Å². The summed E-state index contributed by atoms with van der Waals surface area (Å²) in [5, 5.41) is 31.6. The van der Waals surface area contributed by atoms with Crippen LogP contribution in [-0.2, 0) is 35.8 Å². The maximum absolute atomic E-state index is 10.6. The number of fused-ring (bicyclic) bond motifs is 1. The largest absolute Gasteiger partial charge is 0.490 e. The van der Waals surface area contributed by atoms with Crippen LogP contribution in [0.5, 0.6) is 0 Å². The molecule has 1 aliphatic rings. The summed E-state index contributed by atoms with van der Waals surface area (Å²) in [6.45, 7) is 4.62. The fourth-order valence-electron chi connectivity index (χ4n) is 2.91. The van der Waals surface area contributed by atoms with Crippen LogP contribution in [0.3, 0.4) is 0 Å². The molecule has 3 aromatic rings. The van der Waals surface area contributed by atoms with E-state index in [4.69, 9.17) is 19.8 Å². The van der Waals surface area contributed by atoms with Crippen LogP contribution in [0.4, 0.5) is 26.3 Å². The molecular weight excluding hydrogens is 522 g/mol. The number of carboxylic acid groups (broad SMARTS) is 2. The van der Waals surface area contributed by atoms with Crippen LogP contribution in [0.2, 0.25) is 0 Å². The summed E-state index contributed by atoms with van der Waals surface area (Å²) >= 11 is 1.76. The third-order valence-electron chi connectivity index (χ3n) is 4.46. The fourth-order valence-corrected chi connectivity index (χ4v) is 3.57. The van der Waals surface area contributed by atoms with Crippen LogP contribution >= 0.6 is 11.3 Å². The summed E-state index contributed by atoms with van der Waals surface area (Å²) in [7, 11) is 0. The van der Waals surface area contributed by atoms with Crippen LogP contribution in [0.25, 0.3) is 0 Å². The van der Waals surface area contributed by atoms with E-state index >= 15 is 0 Å². The molecule has 0 unspecified atom stereocenters. The van der Waals surface area contributed by atoms with Gasteiger partial charge in [0.1, 0.15) is 12.4 Å². The molecule has 0 saturated carbocycles. The number of halogens is 6. The van der Waals surface area contributed by atoms with E-state index < -0.39 is 24.3 Å². The van der Waals surface area contributed by atoms with Gasteiger partial charge in [0, 0.05) is 32.0 Å². The van der Waals surface area contributed by atoms with Gasteiger partial charge in [-0.2, -0.15) is 42.8 Å². The van der Waals surface area contributed by atoms with Crippen LogP contribution in [-0.4, -0.2) is 70.5 Å². The van der Waals surface area contributed by atoms with Gasteiger partial charge in [-0.25, -0.2) is 9.59 Å². The van der Waals surface area contributed by atoms with Crippen molar-refractivity contribution in [2.45, 2.75) is 45.0 Å². The molecule has 2 N–H and O–H groups in total. The first kappa shape index (κ1) is 28.8. The summed E-state index contributed by atoms with van der Waals surface area (Å²) in [5.41, 5.74) is 1.38. The lowest BCUT2D eigenvalue weighted by Gasteiger charge is -2.17. The minimum Gasteiger partial charge on any atom is -0.475 e. The molecular formula is C19H20F6N6O4S. The normalized spacial score (nSPS) is 13.9. The van der Waals surface area contributed by atoms with Crippen LogP contribution in [0.1, 0.15) is 23.6 Å². The molecule has 0 aromatic carbocycles. The van der Waals surface area contributed by atoms with Gasteiger partial charge in [-0.1, -0.05) is 0 Å². The Labute approximate surface area is 203 Å². The number of alkyl halides is 6. The molecule has 10 nitrogen and oxygen atoms in total. The van der Waals surface area contributed by atoms with Crippen LogP contribution in [0.15, 0.2) is 35.3 Å². The monoisotopic (exact) mass is 542 g/mol. The van der Waals surface area contributed by atoms with Gasteiger partial charge >= 0.3 is 24.3 Å². The molecule has 0 radical (unpaired) electrons. The van der Waals surface area contributed by atoms with E-state index in [0.717, 1.165) is 44.2 Å². The Morgan fingerprint density at radius 2 is 1.64 bits per heavy atom. The number of thiophene rings is 1. The topological polar surface area (TPSA) is 126 Å². The van der Waals surface area contributed by atoms with E-state index in [1.165, 1.54) is 5.56 Å². The first-order chi connectivity index (χ1) is 16.8. The highest BCUT2D eigenvalue weighted by Crippen LogP contribution is 2.17. The third-order valence-corrected chi connectivity index (χ3v) is 5.19. The van der Waals surface area contributed by atoms with E-state index in [1.807, 2.05) is 16.9 Å². The molecule has 0 aliphatic carbocycles. The molecule has 0 saturated heterocycles. The number of rotatable bonds is 4. The zero-order valence-electron chi connectivity index (χ0n) is 18.3. The summed E-state index contributed by atoms with van der Waals surface area (Å²) in [6.07, 6.45) is -5.29. The first-order valence-corrected chi connectivity index (χ1v) is 10.9. The van der Waals surface area contributed by atoms with Gasteiger partial charge in [-0.05, 0) is 34.9 Å². The first-order valence-electron chi connectivity index (χ1n) is 9.99. The van der Waals surface area contributed by atoms with Crippen LogP contribution < -0.4 is 0 Å². The second-order valence-corrected chi connectivity index (χ2v) is 7.97. The smallest absolute Gasteiger partial charge is 0.475 e. The Balaban J connectivity index is 0.000000271. The number of hydrogen-bond donors (Lipinski definition) is 2. The quantitative estimate of drug-likeness (QED) is 0.482. The maximum Gasteiger partial charge on any atom is 0.490 e. The van der Waals surface area contributed by atoms with Crippen molar-refractivity contribution in [3.8, 4) is 0 Å². The highest BCUT2D eigenvalue weighted by atomic mass is 32.1. The van der Waals surface area contributed by atoms with E-state index in [1.54, 1.807) is 17.5 Å². The lowest BCUT2D eigenvalue weighted by Crippen LogP contribution is -2.22. The van der Waals surface area contributed by atoms with Gasteiger partial charge in [0.15, 0.2) is 5.82 Å². The van der Waals surface area contributed by atoms with Gasteiger partial charge in [-0.15, -0.1) is 10.2 Å². The third kappa shape index (κ3) is 9.29. The Hall–Kier alpha value is -3.47. The second kappa shape index (κ2) is 12.5. The van der Waals surface area contributed by atoms with Gasteiger partial charge in [0.25, 0.3) is 0 Å². The predicted molar refractivity (Wildman–Crippen MR) is 112 cm³/mol. The summed E-state index contributed by atoms with van der Waals surface area (Å²) < 4.78 is 67.6. The highest BCUT2D eigenvalue weighted by Gasteiger charge is 2.38. The number of aromatic nitrogens is 5. The minimum atomic E-state index is -5.08. The lowest BCUT2D eigenvalue weighted by molar-refractivity contribution is -0.193. The molecule has 198 valence electrons. The van der Waals surface area contributed by atoms with E-state index in [9.17, 15) is 26.3 Å². The van der Waals surface area contributed by atoms with E-state index in [0.29, 0.717) is 6.54 Å². The number of hydrogen-bond acceptors (Lipinski definition) is 7. The molecule has 0 fully saturated rings. The Morgan fingerprint density at radius 1 is 1.00 bits per heavy atom. The molecule has 0 atom stereocenters. The second-order valence-electron chi connectivity index (χ2n) is 7.19. The van der Waals surface area contributed by atoms with Gasteiger partial charge < -0.3 is 14.8 Å². The number of aliphatic carboxylic acids is 2. The minimum absolute atomic E-state index is 0.685. The SMILES string of the molecule is O=C(O)C(F)(F)F.O=C(O)C(F)(F)F.c1cnn(Cc2nnc3n2CCCN(Cc2ccsc2)C3)c1. The molecule has 36 heavy (non-hydrogen) atoms. The van der Waals surface area contributed by atoms with Crippen molar-refractivity contribution in [3.05, 3.63) is 52.5 Å². The van der Waals surface area contributed by atoms with E-state index in [-0.39, 0.29) is 0 Å². The summed E-state index contributed by atoms with van der Waals surface area (Å²) in [6, 6.07) is 4.13. The zero-order valence-corrected chi connectivity index (χ0v) is 19.1. The Bertz CT molecular complexity index is 1080. The maximum atomic E-state index is 10.6. The summed E-state index contributed by atoms with van der Waals surface area (Å²) in [4.78, 5) is 20.2. The standard InChI is InChI=1S/C15H18N6S.2C2HF3O2/c1-4-16-20(6-1)11-15-18-17-14-10-19(5-2-7-21(14)15)9-13-3-8-22-12-13;2*3-2(4,5)1(6)7/h1,3-4,6,8,12H,2,5,7,9-11H2;2*(H,6,7). The fraction of sp³-hybridized carbons (Fsp3) is 0.421. The summed E-state index contributed by atoms with van der Waals surface area (Å²) in [5.74, 6) is -3.45. The molecule has 17 heteroatoms. The highest BCUT2D eigenvalue weighted by molar-refractivity contribution is 7.07. The number of nitrogens with zero attached hydrogens (tertiary/aromatic N) is 6. The van der Waals surface area contributed by atoms with Crippen LogP contribution in [0, 0.1) is 0 Å². The van der Waals surface area contributed by atoms with Gasteiger partial charge in [0.2, 0.25) is 0 Å². The molecule has 4 rings (SSSR count). The number of carbonyl (C=O) groups is 2. The van der Waals surface area contributed by atoms with Crippen molar-refractivity contribution in [2.24, 2.45) is 0 Å². The van der Waals surface area contributed by atoms with Gasteiger partial charge in [0.05, 0.1) is 6.54 Å². The average molecular weight is 542 g/mol. The molecule has 0 amide bonds. The van der Waals surface area contributed by atoms with E-state index in [2.05, 4.69) is 41.6 Å². The van der Waals surface area contributed by atoms with Crippen molar-refractivity contribution >= 4 is 23.3 Å². The van der Waals surface area contributed by atoms with Crippen molar-refractivity contribution in [1.29, 1.82) is 0 Å². The van der Waals surface area contributed by atoms with Crippen molar-refractivity contribution < 1.29 is 46.1 Å². The Morgan fingerprint density at radius 3 is 2.14 bits per heavy atom. The Kier molecular flexibility index (Phi) is 9.97. The molecule has 1 aliphatic heterocycles. The van der Waals surface area contributed by atoms with Crippen molar-refractivity contribution in [2.75, 3.05) is 6.54 Å². The molecule has 4 heterocycles. The number of carboxylic acids is 2. The van der Waals surface area contributed by atoms with Gasteiger partial charge in [-0.3, -0.25) is 9.58 Å². The molecule has 0 spiro atoms. The average Bonchev–Trinajstić information content (AvgIpc) is 3.51. The lowest BCUT2D eigenvalue weighted by atomic mass is 10.3. The zero-order chi connectivity index (χ0) is 26.9.